The van der Waals surface area contributed by atoms with E-state index in [2.05, 4.69) is 10.1 Å². The van der Waals surface area contributed by atoms with E-state index in [0.717, 1.165) is 6.34 Å². The van der Waals surface area contributed by atoms with E-state index in [1.807, 2.05) is 0 Å². The number of nitrogens with one attached hydrogen (secondary N) is 1. The Labute approximate surface area is 86.3 Å². The average Bonchev–Trinajstić information content (AvgIpc) is 2.57. The second-order valence-corrected chi connectivity index (χ2v) is 2.61. The van der Waals surface area contributed by atoms with Gasteiger partial charge in [-0.25, -0.2) is 9.79 Å². The summed E-state index contributed by atoms with van der Waals surface area (Å²) in [4.78, 5) is 15.2. The largest absolute Gasteiger partial charge is 0.462 e. The van der Waals surface area contributed by atoms with Gasteiger partial charge in [-0.05, 0) is 6.92 Å². The van der Waals surface area contributed by atoms with Crippen molar-refractivity contribution in [2.75, 3.05) is 6.61 Å². The quantitative estimate of drug-likeness (QED) is 0.323. The zero-order valence-corrected chi connectivity index (χ0v) is 8.47. The minimum absolute atomic E-state index is 0.255. The van der Waals surface area contributed by atoms with Gasteiger partial charge in [-0.2, -0.15) is 5.10 Å². The molecule has 82 valence electrons. The molecule has 0 atom stereocenters. The molecule has 0 unspecified atom stereocenters. The number of aryl methyl sites for hydroxylation is 1. The Balaban J connectivity index is 2.97. The van der Waals surface area contributed by atoms with E-state index < -0.39 is 5.97 Å². The second kappa shape index (κ2) is 5.11. The van der Waals surface area contributed by atoms with Gasteiger partial charge in [0.15, 0.2) is 5.82 Å². The van der Waals surface area contributed by atoms with Crippen LogP contribution >= 0.6 is 0 Å². The molecule has 1 heterocycles. The number of hydrogen-bond donors (Lipinski definition) is 2. The summed E-state index contributed by atoms with van der Waals surface area (Å²) in [5.41, 5.74) is 2.00. The standard InChI is InChI=1S/C8H12N4O3/c1-3-15-8(13)6-4-10-12(2)7(6)9-5-11-14/h4-5,14H,3H2,1-2H3,(H,9,11). The molecule has 1 rings (SSSR count). The molecule has 0 saturated heterocycles. The van der Waals surface area contributed by atoms with Gasteiger partial charge in [0.2, 0.25) is 0 Å². The number of hydrogen-bond acceptors (Lipinski definition) is 5. The lowest BCUT2D eigenvalue weighted by Gasteiger charge is -2.00. The first-order valence-corrected chi connectivity index (χ1v) is 4.32. The van der Waals surface area contributed by atoms with Crippen molar-refractivity contribution in [3.05, 3.63) is 11.8 Å². The van der Waals surface area contributed by atoms with Crippen molar-refractivity contribution < 1.29 is 14.7 Å². The predicted octanol–water partition coefficient (Wildman–Crippen LogP) is 0.235. The van der Waals surface area contributed by atoms with Crippen LogP contribution in [0.5, 0.6) is 0 Å². The highest BCUT2D eigenvalue weighted by atomic mass is 16.5. The van der Waals surface area contributed by atoms with Crippen molar-refractivity contribution in [3.8, 4) is 0 Å². The molecule has 0 amide bonds. The third-order valence-corrected chi connectivity index (χ3v) is 1.65. The van der Waals surface area contributed by atoms with E-state index in [-0.39, 0.29) is 12.2 Å². The summed E-state index contributed by atoms with van der Waals surface area (Å²) in [5, 5.41) is 12.2. The van der Waals surface area contributed by atoms with E-state index in [9.17, 15) is 4.79 Å². The van der Waals surface area contributed by atoms with Gasteiger partial charge < -0.3 is 4.74 Å². The maximum Gasteiger partial charge on any atom is 0.343 e. The van der Waals surface area contributed by atoms with Gasteiger partial charge in [0.25, 0.3) is 0 Å². The van der Waals surface area contributed by atoms with E-state index in [1.54, 1.807) is 19.5 Å². The van der Waals surface area contributed by atoms with Crippen molar-refractivity contribution in [2.45, 2.75) is 6.92 Å². The van der Waals surface area contributed by atoms with Gasteiger partial charge in [0.05, 0.1) is 12.8 Å². The Morgan fingerprint density at radius 2 is 2.60 bits per heavy atom. The molecule has 0 aromatic carbocycles. The fourth-order valence-corrected chi connectivity index (χ4v) is 1.03. The lowest BCUT2D eigenvalue weighted by atomic mass is 10.3. The van der Waals surface area contributed by atoms with E-state index in [0.29, 0.717) is 5.82 Å². The van der Waals surface area contributed by atoms with Crippen molar-refractivity contribution in [3.63, 3.8) is 0 Å². The maximum atomic E-state index is 11.4. The number of nitrogens with zero attached hydrogens (tertiary/aromatic N) is 3. The number of rotatable bonds is 4. The lowest BCUT2D eigenvalue weighted by Crippen LogP contribution is -2.06. The molecular formula is C8H12N4O3. The first-order chi connectivity index (χ1) is 7.20. The van der Waals surface area contributed by atoms with Gasteiger partial charge in [0, 0.05) is 7.05 Å². The predicted molar refractivity (Wildman–Crippen MR) is 52.2 cm³/mol. The van der Waals surface area contributed by atoms with E-state index >= 15 is 0 Å². The monoisotopic (exact) mass is 212 g/mol. The van der Waals surface area contributed by atoms with Crippen molar-refractivity contribution in [1.82, 2.24) is 15.3 Å². The fraction of sp³-hybridized carbons (Fsp3) is 0.375. The first-order valence-electron chi connectivity index (χ1n) is 4.32. The minimum atomic E-state index is -0.490. The molecule has 2 N–H and O–H groups in total. The van der Waals surface area contributed by atoms with Crippen LogP contribution in [0.1, 0.15) is 17.3 Å². The summed E-state index contributed by atoms with van der Waals surface area (Å²) in [6.45, 7) is 2.00. The van der Waals surface area contributed by atoms with E-state index in [4.69, 9.17) is 9.94 Å². The van der Waals surface area contributed by atoms with Crippen LogP contribution in [0.3, 0.4) is 0 Å². The first kappa shape index (κ1) is 11.2. The zero-order chi connectivity index (χ0) is 11.3. The molecular weight excluding hydrogens is 200 g/mol. The third kappa shape index (κ3) is 2.53. The molecule has 0 aliphatic carbocycles. The van der Waals surface area contributed by atoms with Gasteiger partial charge >= 0.3 is 5.97 Å². The summed E-state index contributed by atoms with van der Waals surface area (Å²) in [5.74, 6) is -0.175. The van der Waals surface area contributed by atoms with Gasteiger partial charge in [-0.15, -0.1) is 0 Å². The Morgan fingerprint density at radius 1 is 1.87 bits per heavy atom. The second-order valence-electron chi connectivity index (χ2n) is 2.61. The van der Waals surface area contributed by atoms with Crippen LogP contribution in [0.2, 0.25) is 0 Å². The van der Waals surface area contributed by atoms with E-state index in [1.165, 1.54) is 10.9 Å². The van der Waals surface area contributed by atoms with Crippen LogP contribution in [0.25, 0.3) is 0 Å². The number of carbonyl (C=O) groups is 1. The molecule has 0 aliphatic heterocycles. The average molecular weight is 212 g/mol. The van der Waals surface area contributed by atoms with Crippen molar-refractivity contribution in [2.24, 2.45) is 12.0 Å². The summed E-state index contributed by atoms with van der Waals surface area (Å²) in [6.07, 6.45) is 2.40. The molecule has 7 nitrogen and oxygen atoms in total. The highest BCUT2D eigenvalue weighted by Gasteiger charge is 2.16. The molecule has 0 aliphatic rings. The molecule has 0 bridgehead atoms. The zero-order valence-electron chi connectivity index (χ0n) is 8.47. The van der Waals surface area contributed by atoms with Crippen molar-refractivity contribution in [1.29, 1.82) is 0 Å². The van der Waals surface area contributed by atoms with Crippen LogP contribution in [-0.4, -0.2) is 33.9 Å². The molecule has 1 aromatic rings. The SMILES string of the molecule is CCOC(=O)c1cnn(C)c1/N=C/NO. The molecule has 0 spiro atoms. The number of ether oxygens (including phenoxy) is 1. The molecule has 1 aromatic heterocycles. The topological polar surface area (TPSA) is 88.7 Å². The smallest absolute Gasteiger partial charge is 0.343 e. The molecule has 0 fully saturated rings. The highest BCUT2D eigenvalue weighted by Crippen LogP contribution is 2.17. The summed E-state index contributed by atoms with van der Waals surface area (Å²) in [7, 11) is 1.63. The van der Waals surface area contributed by atoms with Crippen LogP contribution in [-0.2, 0) is 11.8 Å². The van der Waals surface area contributed by atoms with Gasteiger partial charge in [-0.3, -0.25) is 15.4 Å². The highest BCUT2D eigenvalue weighted by molar-refractivity contribution is 5.94. The number of esters is 1. The van der Waals surface area contributed by atoms with Crippen molar-refractivity contribution >= 4 is 18.1 Å². The van der Waals surface area contributed by atoms with Crippen LogP contribution in [0.15, 0.2) is 11.2 Å². The molecule has 0 saturated carbocycles. The number of aromatic nitrogens is 2. The van der Waals surface area contributed by atoms with Crippen LogP contribution in [0.4, 0.5) is 5.82 Å². The molecule has 0 radical (unpaired) electrons. The fourth-order valence-electron chi connectivity index (χ4n) is 1.03. The maximum absolute atomic E-state index is 11.4. The molecule has 7 heteroatoms. The van der Waals surface area contributed by atoms with Crippen LogP contribution < -0.4 is 5.48 Å². The summed E-state index contributed by atoms with van der Waals surface area (Å²) in [6, 6.07) is 0. The number of hydroxylamine groups is 1. The minimum Gasteiger partial charge on any atom is -0.462 e. The Hall–Kier alpha value is -1.89. The Bertz CT molecular complexity index is 372. The number of aliphatic imine (C=N–C) groups is 1. The summed E-state index contributed by atoms with van der Waals surface area (Å²) >= 11 is 0. The normalized spacial score (nSPS) is 10.6. The number of carbonyl (C=O) groups excluding carboxylic acids is 1. The van der Waals surface area contributed by atoms with Gasteiger partial charge in [0.1, 0.15) is 11.9 Å². The lowest BCUT2D eigenvalue weighted by molar-refractivity contribution is 0.0527. The molecule has 15 heavy (non-hydrogen) atoms. The van der Waals surface area contributed by atoms with Gasteiger partial charge in [-0.1, -0.05) is 0 Å². The Morgan fingerprint density at radius 3 is 3.20 bits per heavy atom. The summed E-state index contributed by atoms with van der Waals surface area (Å²) < 4.78 is 6.22. The van der Waals surface area contributed by atoms with Crippen LogP contribution in [0, 0.1) is 0 Å². The Kier molecular flexibility index (Phi) is 3.81. The third-order valence-electron chi connectivity index (χ3n) is 1.65.